The Bertz CT molecular complexity index is 758. The Kier molecular flexibility index (Phi) is 4.46. The lowest BCUT2D eigenvalue weighted by atomic mass is 10.0. The van der Waals surface area contributed by atoms with E-state index < -0.39 is 4.92 Å². The van der Waals surface area contributed by atoms with Crippen molar-refractivity contribution < 1.29 is 9.72 Å². The summed E-state index contributed by atoms with van der Waals surface area (Å²) in [5.74, 6) is 0. The van der Waals surface area contributed by atoms with Crippen LogP contribution in [0, 0.1) is 17.0 Å². The molecule has 1 N–H and O–H groups in total. The highest BCUT2D eigenvalue weighted by molar-refractivity contribution is 5.92. The van der Waals surface area contributed by atoms with E-state index in [1.54, 1.807) is 23.1 Å². The van der Waals surface area contributed by atoms with Gasteiger partial charge in [-0.15, -0.1) is 0 Å². The Morgan fingerprint density at radius 3 is 2.62 bits per heavy atom. The van der Waals surface area contributed by atoms with Gasteiger partial charge in [-0.05, 0) is 31.4 Å². The van der Waals surface area contributed by atoms with Crippen LogP contribution >= 0.6 is 0 Å². The highest BCUT2D eigenvalue weighted by Gasteiger charge is 2.30. The smallest absolute Gasteiger partial charge is 0.317 e. The van der Waals surface area contributed by atoms with Crippen molar-refractivity contribution >= 4 is 17.4 Å². The van der Waals surface area contributed by atoms with Gasteiger partial charge >= 0.3 is 6.03 Å². The van der Waals surface area contributed by atoms with Crippen LogP contribution < -0.4 is 5.32 Å². The maximum absolute atomic E-state index is 12.6. The maximum atomic E-state index is 12.6. The standard InChI is InChI=1S/C18H19N3O3/c1-13-8-10-14(11-9-13)16-7-4-12-20(16)18(22)19-15-5-2-3-6-17(15)21(23)24/h2-3,5-6,8-11,16H,4,7,12H2,1H3,(H,19,22)/t16-/m0/s1. The number of nitro groups is 1. The van der Waals surface area contributed by atoms with E-state index in [4.69, 9.17) is 0 Å². The summed E-state index contributed by atoms with van der Waals surface area (Å²) in [6, 6.07) is 14.0. The first kappa shape index (κ1) is 16.0. The van der Waals surface area contributed by atoms with Crippen LogP contribution in [0.15, 0.2) is 48.5 Å². The Balaban J connectivity index is 1.79. The number of nitrogens with zero attached hydrogens (tertiary/aromatic N) is 2. The number of carbonyl (C=O) groups excluding carboxylic acids is 1. The van der Waals surface area contributed by atoms with Crippen molar-refractivity contribution in [2.45, 2.75) is 25.8 Å². The minimum Gasteiger partial charge on any atom is -0.317 e. The van der Waals surface area contributed by atoms with Gasteiger partial charge in [-0.25, -0.2) is 4.79 Å². The number of rotatable bonds is 3. The van der Waals surface area contributed by atoms with E-state index in [1.165, 1.54) is 11.6 Å². The van der Waals surface area contributed by atoms with Crippen LogP contribution in [-0.2, 0) is 0 Å². The van der Waals surface area contributed by atoms with Crippen molar-refractivity contribution in [3.05, 3.63) is 69.8 Å². The van der Waals surface area contributed by atoms with Gasteiger partial charge in [-0.2, -0.15) is 0 Å². The number of nitro benzene ring substituents is 1. The molecule has 0 saturated carbocycles. The summed E-state index contributed by atoms with van der Waals surface area (Å²) in [4.78, 5) is 25.0. The van der Waals surface area contributed by atoms with E-state index in [0.717, 1.165) is 18.4 Å². The van der Waals surface area contributed by atoms with E-state index in [2.05, 4.69) is 5.32 Å². The number of likely N-dealkylation sites (tertiary alicyclic amines) is 1. The number of para-hydroxylation sites is 2. The number of carbonyl (C=O) groups is 1. The van der Waals surface area contributed by atoms with Gasteiger partial charge < -0.3 is 10.2 Å². The first-order chi connectivity index (χ1) is 11.6. The third-order valence-corrected chi connectivity index (χ3v) is 4.32. The van der Waals surface area contributed by atoms with Crippen molar-refractivity contribution in [1.29, 1.82) is 0 Å². The fourth-order valence-electron chi connectivity index (χ4n) is 3.07. The van der Waals surface area contributed by atoms with E-state index in [9.17, 15) is 14.9 Å². The molecule has 0 unspecified atom stereocenters. The molecule has 1 saturated heterocycles. The number of benzene rings is 2. The predicted molar refractivity (Wildman–Crippen MR) is 92.0 cm³/mol. The zero-order valence-electron chi connectivity index (χ0n) is 13.4. The highest BCUT2D eigenvalue weighted by atomic mass is 16.6. The minimum absolute atomic E-state index is 0.00775. The Hall–Kier alpha value is -2.89. The molecule has 2 aromatic rings. The average molecular weight is 325 g/mol. The van der Waals surface area contributed by atoms with Gasteiger partial charge in [0.2, 0.25) is 0 Å². The van der Waals surface area contributed by atoms with Gasteiger partial charge in [0, 0.05) is 12.6 Å². The molecule has 0 aliphatic carbocycles. The zero-order valence-corrected chi connectivity index (χ0v) is 13.4. The van der Waals surface area contributed by atoms with Gasteiger partial charge in [-0.1, -0.05) is 42.0 Å². The monoisotopic (exact) mass is 325 g/mol. The minimum atomic E-state index is -0.489. The topological polar surface area (TPSA) is 75.5 Å². The molecule has 3 rings (SSSR count). The first-order valence-electron chi connectivity index (χ1n) is 7.94. The molecule has 0 spiro atoms. The third-order valence-electron chi connectivity index (χ3n) is 4.32. The molecule has 1 aliphatic rings. The molecule has 0 aromatic heterocycles. The molecule has 6 heteroatoms. The molecule has 24 heavy (non-hydrogen) atoms. The molecule has 0 bridgehead atoms. The quantitative estimate of drug-likeness (QED) is 0.676. The summed E-state index contributed by atoms with van der Waals surface area (Å²) in [7, 11) is 0. The highest BCUT2D eigenvalue weighted by Crippen LogP contribution is 2.33. The van der Waals surface area contributed by atoms with Crippen molar-refractivity contribution in [3.63, 3.8) is 0 Å². The summed E-state index contributed by atoms with van der Waals surface area (Å²) in [5.41, 5.74) is 2.39. The van der Waals surface area contributed by atoms with Crippen molar-refractivity contribution in [3.8, 4) is 0 Å². The molecule has 1 aliphatic heterocycles. The largest absolute Gasteiger partial charge is 0.322 e. The fraction of sp³-hybridized carbons (Fsp3) is 0.278. The van der Waals surface area contributed by atoms with E-state index in [0.29, 0.717) is 6.54 Å². The second kappa shape index (κ2) is 6.70. The van der Waals surface area contributed by atoms with Gasteiger partial charge in [0.25, 0.3) is 5.69 Å². The number of nitrogens with one attached hydrogen (secondary N) is 1. The van der Waals surface area contributed by atoms with Gasteiger partial charge in [0.05, 0.1) is 11.0 Å². The van der Waals surface area contributed by atoms with Crippen LogP contribution in [0.3, 0.4) is 0 Å². The van der Waals surface area contributed by atoms with Gasteiger partial charge in [0.1, 0.15) is 5.69 Å². The lowest BCUT2D eigenvalue weighted by Crippen LogP contribution is -2.34. The molecule has 1 atom stereocenters. The molecular formula is C18H19N3O3. The summed E-state index contributed by atoms with van der Waals surface area (Å²) in [5, 5.41) is 13.8. The first-order valence-corrected chi connectivity index (χ1v) is 7.94. The van der Waals surface area contributed by atoms with E-state index >= 15 is 0 Å². The Labute approximate surface area is 140 Å². The lowest BCUT2D eigenvalue weighted by Gasteiger charge is -2.25. The summed E-state index contributed by atoms with van der Waals surface area (Å²) in [6.07, 6.45) is 1.82. The van der Waals surface area contributed by atoms with Gasteiger partial charge in [-0.3, -0.25) is 10.1 Å². The van der Waals surface area contributed by atoms with Crippen molar-refractivity contribution in [2.24, 2.45) is 0 Å². The second-order valence-corrected chi connectivity index (χ2v) is 5.97. The molecular weight excluding hydrogens is 306 g/mol. The molecule has 1 fully saturated rings. The molecule has 6 nitrogen and oxygen atoms in total. The fourth-order valence-corrected chi connectivity index (χ4v) is 3.07. The number of amides is 2. The van der Waals surface area contributed by atoms with Crippen LogP contribution in [0.1, 0.15) is 30.0 Å². The number of hydrogen-bond donors (Lipinski definition) is 1. The van der Waals surface area contributed by atoms with E-state index in [-0.39, 0.29) is 23.4 Å². The average Bonchev–Trinajstić information content (AvgIpc) is 3.05. The zero-order chi connectivity index (χ0) is 17.1. The molecule has 124 valence electrons. The second-order valence-electron chi connectivity index (χ2n) is 5.97. The normalized spacial score (nSPS) is 16.9. The molecule has 2 amide bonds. The SMILES string of the molecule is Cc1ccc([C@@H]2CCCN2C(=O)Nc2ccccc2[N+](=O)[O-])cc1. The lowest BCUT2D eigenvalue weighted by molar-refractivity contribution is -0.383. The van der Waals surface area contributed by atoms with Crippen LogP contribution in [0.2, 0.25) is 0 Å². The van der Waals surface area contributed by atoms with Crippen molar-refractivity contribution in [2.75, 3.05) is 11.9 Å². The van der Waals surface area contributed by atoms with Crippen LogP contribution in [0.25, 0.3) is 0 Å². The summed E-state index contributed by atoms with van der Waals surface area (Å²) < 4.78 is 0. The van der Waals surface area contributed by atoms with Crippen LogP contribution in [-0.4, -0.2) is 22.4 Å². The Morgan fingerprint density at radius 2 is 1.92 bits per heavy atom. The molecule has 1 heterocycles. The maximum Gasteiger partial charge on any atom is 0.322 e. The predicted octanol–water partition coefficient (Wildman–Crippen LogP) is 4.27. The number of hydrogen-bond acceptors (Lipinski definition) is 3. The summed E-state index contributed by atoms with van der Waals surface area (Å²) >= 11 is 0. The summed E-state index contributed by atoms with van der Waals surface area (Å²) in [6.45, 7) is 2.67. The number of aryl methyl sites for hydroxylation is 1. The number of anilines is 1. The van der Waals surface area contributed by atoms with E-state index in [1.807, 2.05) is 31.2 Å². The Morgan fingerprint density at radius 1 is 1.21 bits per heavy atom. The molecule has 0 radical (unpaired) electrons. The molecule has 2 aromatic carbocycles. The van der Waals surface area contributed by atoms with Crippen molar-refractivity contribution in [1.82, 2.24) is 4.90 Å². The number of urea groups is 1. The van der Waals surface area contributed by atoms with Gasteiger partial charge in [0.15, 0.2) is 0 Å². The van der Waals surface area contributed by atoms with Crippen LogP contribution in [0.5, 0.6) is 0 Å². The van der Waals surface area contributed by atoms with Crippen LogP contribution in [0.4, 0.5) is 16.2 Å². The third kappa shape index (κ3) is 3.22.